The Morgan fingerprint density at radius 1 is 1.02 bits per heavy atom. The Morgan fingerprint density at radius 2 is 1.76 bits per heavy atom. The van der Waals surface area contributed by atoms with Crippen LogP contribution in [0.4, 0.5) is 40.6 Å². The highest BCUT2D eigenvalue weighted by molar-refractivity contribution is 6.31. The average molecular weight is 657 g/mol. The van der Waals surface area contributed by atoms with Crippen LogP contribution < -0.4 is 25.0 Å². The highest BCUT2D eigenvalue weighted by atomic mass is 35.5. The van der Waals surface area contributed by atoms with Gasteiger partial charge in [-0.15, -0.1) is 0 Å². The summed E-state index contributed by atoms with van der Waals surface area (Å²) in [6.45, 7) is 3.72. The normalized spacial score (nSPS) is 14.2. The van der Waals surface area contributed by atoms with Gasteiger partial charge in [-0.3, -0.25) is 4.79 Å². The van der Waals surface area contributed by atoms with Crippen LogP contribution in [0.1, 0.15) is 5.56 Å². The van der Waals surface area contributed by atoms with Gasteiger partial charge in [0.15, 0.2) is 0 Å². The van der Waals surface area contributed by atoms with Crippen LogP contribution in [0.15, 0.2) is 78.5 Å². The van der Waals surface area contributed by atoms with Crippen molar-refractivity contribution in [2.24, 2.45) is 0 Å². The van der Waals surface area contributed by atoms with Crippen molar-refractivity contribution in [1.29, 1.82) is 0 Å². The van der Waals surface area contributed by atoms with E-state index in [1.165, 1.54) is 30.5 Å². The maximum absolute atomic E-state index is 13.7. The minimum atomic E-state index is -4.97. The second-order valence-electron chi connectivity index (χ2n) is 10.3. The predicted molar refractivity (Wildman–Crippen MR) is 169 cm³/mol. The molecule has 9 nitrogen and oxygen atoms in total. The van der Waals surface area contributed by atoms with E-state index in [1.807, 2.05) is 18.2 Å². The van der Waals surface area contributed by atoms with E-state index < -0.39 is 23.5 Å². The Balaban J connectivity index is 1.30. The van der Waals surface area contributed by atoms with Crippen molar-refractivity contribution in [3.8, 4) is 17.4 Å². The highest BCUT2D eigenvalue weighted by Crippen LogP contribution is 2.34. The molecule has 0 radical (unpaired) electrons. The standard InChI is InChI=1S/C32H29ClF4N6O3/c1-42-12-14-43(15-13-42)23-10-11-27(28(18-23)45-2)40-31-38-19-26(33)30(41-31)46-24-5-3-4-22(17-24)39-29(44)25(32(35,36)37)16-20-6-8-21(34)9-7-20/h3-11,16-19H,12-15H2,1-2H3,(H,39,44)(H,38,40,41)/b25-16-. The molecule has 1 aliphatic heterocycles. The number of piperazine rings is 1. The monoisotopic (exact) mass is 656 g/mol. The third-order valence-corrected chi connectivity index (χ3v) is 7.31. The van der Waals surface area contributed by atoms with Gasteiger partial charge in [0, 0.05) is 49.7 Å². The first kappa shape index (κ1) is 32.5. The van der Waals surface area contributed by atoms with Crippen molar-refractivity contribution >= 4 is 46.6 Å². The molecule has 1 aromatic heterocycles. The molecule has 2 N–H and O–H groups in total. The first-order valence-corrected chi connectivity index (χ1v) is 14.4. The molecule has 1 fully saturated rings. The Kier molecular flexibility index (Phi) is 9.93. The summed E-state index contributed by atoms with van der Waals surface area (Å²) >= 11 is 6.29. The summed E-state index contributed by atoms with van der Waals surface area (Å²) in [6, 6.07) is 15.7. The van der Waals surface area contributed by atoms with Crippen molar-refractivity contribution in [1.82, 2.24) is 14.9 Å². The van der Waals surface area contributed by atoms with Crippen LogP contribution in [0.25, 0.3) is 6.08 Å². The van der Waals surface area contributed by atoms with Gasteiger partial charge in [-0.05, 0) is 55.1 Å². The summed E-state index contributed by atoms with van der Waals surface area (Å²) in [5, 5.41) is 5.40. The lowest BCUT2D eigenvalue weighted by Crippen LogP contribution is -2.44. The van der Waals surface area contributed by atoms with E-state index in [2.05, 4.69) is 37.4 Å². The number of aromatic nitrogens is 2. The maximum atomic E-state index is 13.7. The van der Waals surface area contributed by atoms with Gasteiger partial charge < -0.3 is 29.9 Å². The lowest BCUT2D eigenvalue weighted by atomic mass is 10.1. The van der Waals surface area contributed by atoms with Gasteiger partial charge in [-0.25, -0.2) is 9.37 Å². The molecule has 0 aliphatic carbocycles. The minimum absolute atomic E-state index is 0.00682. The number of benzene rings is 3. The second kappa shape index (κ2) is 14.0. The largest absolute Gasteiger partial charge is 0.494 e. The molecule has 2 heterocycles. The van der Waals surface area contributed by atoms with E-state index in [1.54, 1.807) is 7.11 Å². The fraction of sp³-hybridized carbons (Fsp3) is 0.219. The van der Waals surface area contributed by atoms with Gasteiger partial charge in [0.1, 0.15) is 27.9 Å². The Bertz CT molecular complexity index is 1730. The predicted octanol–water partition coefficient (Wildman–Crippen LogP) is 7.15. The van der Waals surface area contributed by atoms with Gasteiger partial charge in [-0.2, -0.15) is 18.2 Å². The fourth-order valence-corrected chi connectivity index (χ4v) is 4.73. The molecular formula is C32H29ClF4N6O3. The third-order valence-electron chi connectivity index (χ3n) is 7.05. The molecule has 240 valence electrons. The number of carbonyl (C=O) groups is 1. The van der Waals surface area contributed by atoms with Crippen molar-refractivity contribution in [3.05, 3.63) is 94.9 Å². The van der Waals surface area contributed by atoms with Crippen LogP contribution in [-0.2, 0) is 4.79 Å². The van der Waals surface area contributed by atoms with Gasteiger partial charge in [-0.1, -0.05) is 29.8 Å². The number of anilines is 4. The lowest BCUT2D eigenvalue weighted by Gasteiger charge is -2.34. The average Bonchev–Trinajstić information content (AvgIpc) is 3.02. The molecule has 0 atom stereocenters. The fourth-order valence-electron chi connectivity index (χ4n) is 4.60. The van der Waals surface area contributed by atoms with Crippen LogP contribution in [0.5, 0.6) is 17.4 Å². The van der Waals surface area contributed by atoms with E-state index in [-0.39, 0.29) is 33.9 Å². The Labute approximate surface area is 267 Å². The first-order chi connectivity index (χ1) is 22.0. The molecule has 3 aromatic carbocycles. The molecule has 1 saturated heterocycles. The topological polar surface area (TPSA) is 91.9 Å². The molecule has 14 heteroatoms. The third kappa shape index (κ3) is 8.23. The van der Waals surface area contributed by atoms with Gasteiger partial charge in [0.05, 0.1) is 19.0 Å². The number of alkyl halides is 3. The molecule has 1 amide bonds. The van der Waals surface area contributed by atoms with Crippen molar-refractivity contribution in [2.45, 2.75) is 6.18 Å². The highest BCUT2D eigenvalue weighted by Gasteiger charge is 2.38. The van der Waals surface area contributed by atoms with E-state index in [4.69, 9.17) is 21.1 Å². The zero-order chi connectivity index (χ0) is 32.8. The van der Waals surface area contributed by atoms with Crippen LogP contribution >= 0.6 is 11.6 Å². The molecule has 46 heavy (non-hydrogen) atoms. The number of ether oxygens (including phenoxy) is 2. The Hall–Kier alpha value is -4.88. The first-order valence-electron chi connectivity index (χ1n) is 14.0. The number of methoxy groups -OCH3 is 1. The number of likely N-dealkylation sites (N-methyl/N-ethyl adjacent to an activating group) is 1. The minimum Gasteiger partial charge on any atom is -0.494 e. The quantitative estimate of drug-likeness (QED) is 0.145. The number of nitrogens with zero attached hydrogens (tertiary/aromatic N) is 4. The molecule has 4 aromatic rings. The van der Waals surface area contributed by atoms with Gasteiger partial charge >= 0.3 is 6.18 Å². The molecule has 1 aliphatic rings. The smallest absolute Gasteiger partial charge is 0.421 e. The zero-order valence-electron chi connectivity index (χ0n) is 24.7. The number of halogens is 5. The maximum Gasteiger partial charge on any atom is 0.421 e. The molecule has 0 bridgehead atoms. The molecular weight excluding hydrogens is 628 g/mol. The van der Waals surface area contributed by atoms with Crippen molar-refractivity contribution < 1.29 is 31.8 Å². The lowest BCUT2D eigenvalue weighted by molar-refractivity contribution is -0.126. The SMILES string of the molecule is COc1cc(N2CCN(C)CC2)ccc1Nc1ncc(Cl)c(Oc2cccc(NC(=O)/C(=C/c3ccc(F)cc3)C(F)(F)F)c2)n1. The van der Waals surface area contributed by atoms with Crippen molar-refractivity contribution in [3.63, 3.8) is 0 Å². The van der Waals surface area contributed by atoms with E-state index in [0.717, 1.165) is 56.1 Å². The molecule has 0 spiro atoms. The number of amides is 1. The van der Waals surface area contributed by atoms with Crippen LogP contribution in [0.3, 0.4) is 0 Å². The van der Waals surface area contributed by atoms with Crippen LogP contribution in [-0.4, -0.2) is 67.3 Å². The summed E-state index contributed by atoms with van der Waals surface area (Å²) in [4.78, 5) is 25.8. The van der Waals surface area contributed by atoms with Crippen LogP contribution in [0, 0.1) is 5.82 Å². The number of nitrogens with one attached hydrogen (secondary N) is 2. The summed E-state index contributed by atoms with van der Waals surface area (Å²) in [5.74, 6) is -1.21. The number of carbonyl (C=O) groups excluding carboxylic acids is 1. The number of rotatable bonds is 9. The van der Waals surface area contributed by atoms with Gasteiger partial charge in [0.25, 0.3) is 5.91 Å². The Morgan fingerprint density at radius 3 is 2.46 bits per heavy atom. The molecule has 0 saturated carbocycles. The molecule has 5 rings (SSSR count). The van der Waals surface area contributed by atoms with E-state index in [9.17, 15) is 22.4 Å². The number of hydrogen-bond acceptors (Lipinski definition) is 8. The summed E-state index contributed by atoms with van der Waals surface area (Å²) in [5.41, 5.74) is 0.189. The molecule has 0 unspecified atom stereocenters. The van der Waals surface area contributed by atoms with Crippen molar-refractivity contribution in [2.75, 3.05) is 55.9 Å². The summed E-state index contributed by atoms with van der Waals surface area (Å²) < 4.78 is 65.8. The van der Waals surface area contributed by atoms with Crippen LogP contribution in [0.2, 0.25) is 5.02 Å². The second-order valence-corrected chi connectivity index (χ2v) is 10.7. The van der Waals surface area contributed by atoms with Gasteiger partial charge in [0.2, 0.25) is 11.8 Å². The summed E-state index contributed by atoms with van der Waals surface area (Å²) in [7, 11) is 3.65. The van der Waals surface area contributed by atoms with E-state index >= 15 is 0 Å². The zero-order valence-corrected chi connectivity index (χ0v) is 25.5. The number of hydrogen-bond donors (Lipinski definition) is 2. The summed E-state index contributed by atoms with van der Waals surface area (Å²) in [6.07, 6.45) is -3.00. The van der Waals surface area contributed by atoms with E-state index in [0.29, 0.717) is 17.5 Å².